The molecular weight excluding hydrogens is 238 g/mol. The van der Waals surface area contributed by atoms with Crippen LogP contribution in [-0.4, -0.2) is 11.4 Å². The molecule has 0 radical (unpaired) electrons. The van der Waals surface area contributed by atoms with E-state index in [4.69, 9.17) is 5.73 Å². The number of pyridine rings is 1. The Labute approximate surface area is 112 Å². The van der Waals surface area contributed by atoms with E-state index in [0.717, 1.165) is 28.9 Å². The molecule has 4 nitrogen and oxygen atoms in total. The number of amides is 1. The highest BCUT2D eigenvalue weighted by atomic mass is 16.1. The van der Waals surface area contributed by atoms with E-state index in [-0.39, 0.29) is 6.04 Å². The number of nitrogen functional groups attached to an aromatic ring is 1. The van der Waals surface area contributed by atoms with Crippen molar-refractivity contribution in [1.82, 2.24) is 10.3 Å². The van der Waals surface area contributed by atoms with E-state index in [1.165, 1.54) is 0 Å². The van der Waals surface area contributed by atoms with Gasteiger partial charge >= 0.3 is 0 Å². The summed E-state index contributed by atoms with van der Waals surface area (Å²) in [5, 5.41) is 2.85. The predicted octanol–water partition coefficient (Wildman–Crippen LogP) is 2.00. The van der Waals surface area contributed by atoms with Crippen molar-refractivity contribution >= 4 is 12.1 Å². The van der Waals surface area contributed by atoms with E-state index >= 15 is 0 Å². The molecule has 2 rings (SSSR count). The van der Waals surface area contributed by atoms with Crippen LogP contribution >= 0.6 is 0 Å². The molecule has 0 aliphatic rings. The summed E-state index contributed by atoms with van der Waals surface area (Å²) in [6, 6.07) is 11.4. The van der Waals surface area contributed by atoms with Gasteiger partial charge in [-0.25, -0.2) is 0 Å². The lowest BCUT2D eigenvalue weighted by Crippen LogP contribution is -2.23. The van der Waals surface area contributed by atoms with E-state index in [1.807, 2.05) is 43.3 Å². The molecule has 1 heterocycles. The van der Waals surface area contributed by atoms with Gasteiger partial charge in [0.2, 0.25) is 6.41 Å². The topological polar surface area (TPSA) is 68.0 Å². The highest BCUT2D eigenvalue weighted by molar-refractivity contribution is 5.51. The maximum absolute atomic E-state index is 10.8. The highest BCUT2D eigenvalue weighted by Crippen LogP contribution is 2.22. The van der Waals surface area contributed by atoms with E-state index in [0.29, 0.717) is 6.42 Å². The van der Waals surface area contributed by atoms with Crippen molar-refractivity contribution in [2.75, 3.05) is 5.73 Å². The van der Waals surface area contributed by atoms with Crippen LogP contribution in [0.2, 0.25) is 0 Å². The number of aromatic nitrogens is 1. The van der Waals surface area contributed by atoms with Crippen molar-refractivity contribution in [3.05, 3.63) is 59.4 Å². The largest absolute Gasteiger partial charge is 0.399 e. The SMILES string of the molecule is Cc1cc(N)ccc1C(Cc1ccccn1)NC=O. The van der Waals surface area contributed by atoms with Gasteiger partial charge in [-0.3, -0.25) is 9.78 Å². The first-order valence-electron chi connectivity index (χ1n) is 6.16. The first-order chi connectivity index (χ1) is 9.20. The van der Waals surface area contributed by atoms with E-state index in [1.54, 1.807) is 6.20 Å². The lowest BCUT2D eigenvalue weighted by molar-refractivity contribution is -0.110. The molecule has 19 heavy (non-hydrogen) atoms. The number of nitrogens with zero attached hydrogens (tertiary/aromatic N) is 1. The lowest BCUT2D eigenvalue weighted by atomic mass is 9.97. The quantitative estimate of drug-likeness (QED) is 0.634. The maximum atomic E-state index is 10.8. The van der Waals surface area contributed by atoms with Crippen molar-refractivity contribution in [3.63, 3.8) is 0 Å². The Morgan fingerprint density at radius 2 is 2.21 bits per heavy atom. The zero-order valence-electron chi connectivity index (χ0n) is 10.8. The smallest absolute Gasteiger partial charge is 0.207 e. The van der Waals surface area contributed by atoms with Crippen molar-refractivity contribution in [3.8, 4) is 0 Å². The second kappa shape index (κ2) is 6.00. The van der Waals surface area contributed by atoms with Crippen LogP contribution in [0.4, 0.5) is 5.69 Å². The van der Waals surface area contributed by atoms with Gasteiger partial charge in [0.15, 0.2) is 0 Å². The third kappa shape index (κ3) is 3.31. The van der Waals surface area contributed by atoms with Crippen LogP contribution in [0.5, 0.6) is 0 Å². The Bertz CT molecular complexity index is 555. The number of aryl methyl sites for hydroxylation is 1. The molecule has 1 aromatic carbocycles. The Balaban J connectivity index is 2.27. The molecule has 0 aliphatic heterocycles. The summed E-state index contributed by atoms with van der Waals surface area (Å²) in [6.45, 7) is 1.99. The fourth-order valence-corrected chi connectivity index (χ4v) is 2.16. The van der Waals surface area contributed by atoms with Crippen LogP contribution in [0.25, 0.3) is 0 Å². The Morgan fingerprint density at radius 3 is 2.84 bits per heavy atom. The molecule has 3 N–H and O–H groups in total. The molecule has 2 aromatic rings. The van der Waals surface area contributed by atoms with Gasteiger partial charge in [-0.2, -0.15) is 0 Å². The molecule has 0 saturated heterocycles. The number of carbonyl (C=O) groups excluding carboxylic acids is 1. The summed E-state index contributed by atoms with van der Waals surface area (Å²) in [7, 11) is 0. The summed E-state index contributed by atoms with van der Waals surface area (Å²) >= 11 is 0. The molecule has 4 heteroatoms. The van der Waals surface area contributed by atoms with Crippen LogP contribution in [0.1, 0.15) is 22.9 Å². The molecule has 0 aliphatic carbocycles. The van der Waals surface area contributed by atoms with Crippen LogP contribution in [0.15, 0.2) is 42.6 Å². The molecule has 1 unspecified atom stereocenters. The van der Waals surface area contributed by atoms with Gasteiger partial charge in [-0.15, -0.1) is 0 Å². The summed E-state index contributed by atoms with van der Waals surface area (Å²) < 4.78 is 0. The molecule has 1 amide bonds. The fraction of sp³-hybridized carbons (Fsp3) is 0.200. The van der Waals surface area contributed by atoms with Crippen molar-refractivity contribution in [2.45, 2.75) is 19.4 Å². The average Bonchev–Trinajstić information content (AvgIpc) is 2.39. The fourth-order valence-electron chi connectivity index (χ4n) is 2.16. The Morgan fingerprint density at radius 1 is 1.37 bits per heavy atom. The summed E-state index contributed by atoms with van der Waals surface area (Å²) in [6.07, 6.45) is 3.14. The van der Waals surface area contributed by atoms with Gasteiger partial charge < -0.3 is 11.1 Å². The van der Waals surface area contributed by atoms with Crippen molar-refractivity contribution in [1.29, 1.82) is 0 Å². The van der Waals surface area contributed by atoms with Gasteiger partial charge in [0.05, 0.1) is 6.04 Å². The molecular formula is C15H17N3O. The number of nitrogens with one attached hydrogen (secondary N) is 1. The predicted molar refractivity (Wildman–Crippen MR) is 75.5 cm³/mol. The van der Waals surface area contributed by atoms with Crippen LogP contribution < -0.4 is 11.1 Å². The van der Waals surface area contributed by atoms with Crippen LogP contribution in [-0.2, 0) is 11.2 Å². The second-order valence-corrected chi connectivity index (χ2v) is 4.48. The van der Waals surface area contributed by atoms with Gasteiger partial charge in [0.25, 0.3) is 0 Å². The molecule has 0 spiro atoms. The molecule has 1 aromatic heterocycles. The molecule has 98 valence electrons. The number of hydrogen-bond donors (Lipinski definition) is 2. The normalized spacial score (nSPS) is 11.8. The van der Waals surface area contributed by atoms with Gasteiger partial charge in [0.1, 0.15) is 0 Å². The summed E-state index contributed by atoms with van der Waals surface area (Å²) in [4.78, 5) is 15.1. The molecule has 1 atom stereocenters. The maximum Gasteiger partial charge on any atom is 0.207 e. The number of hydrogen-bond acceptors (Lipinski definition) is 3. The third-order valence-corrected chi connectivity index (χ3v) is 3.08. The lowest BCUT2D eigenvalue weighted by Gasteiger charge is -2.18. The van der Waals surface area contributed by atoms with Gasteiger partial charge in [-0.05, 0) is 42.3 Å². The number of nitrogens with two attached hydrogens (primary N) is 1. The molecule has 0 saturated carbocycles. The molecule has 0 bridgehead atoms. The minimum Gasteiger partial charge on any atom is -0.399 e. The number of anilines is 1. The molecule has 0 fully saturated rings. The number of rotatable bonds is 5. The summed E-state index contributed by atoms with van der Waals surface area (Å²) in [5.74, 6) is 0. The zero-order valence-corrected chi connectivity index (χ0v) is 10.8. The number of carbonyl (C=O) groups is 1. The average molecular weight is 255 g/mol. The van der Waals surface area contributed by atoms with Crippen molar-refractivity contribution < 1.29 is 4.79 Å². The van der Waals surface area contributed by atoms with Crippen LogP contribution in [0.3, 0.4) is 0 Å². The van der Waals surface area contributed by atoms with Gasteiger partial charge in [0, 0.05) is 24.0 Å². The third-order valence-electron chi connectivity index (χ3n) is 3.08. The van der Waals surface area contributed by atoms with Crippen LogP contribution in [0, 0.1) is 6.92 Å². The highest BCUT2D eigenvalue weighted by Gasteiger charge is 2.14. The standard InChI is InChI=1S/C15H17N3O/c1-11-8-12(16)5-6-14(11)15(18-10-19)9-13-4-2-3-7-17-13/h2-8,10,15H,9,16H2,1H3,(H,18,19). The van der Waals surface area contributed by atoms with E-state index in [2.05, 4.69) is 10.3 Å². The minimum absolute atomic E-state index is 0.0898. The summed E-state index contributed by atoms with van der Waals surface area (Å²) in [5.41, 5.74) is 9.55. The van der Waals surface area contributed by atoms with E-state index in [9.17, 15) is 4.79 Å². The Hall–Kier alpha value is -2.36. The first-order valence-corrected chi connectivity index (χ1v) is 6.16. The monoisotopic (exact) mass is 255 g/mol. The first kappa shape index (κ1) is 13.1. The van der Waals surface area contributed by atoms with Gasteiger partial charge in [-0.1, -0.05) is 12.1 Å². The Kier molecular flexibility index (Phi) is 4.13. The second-order valence-electron chi connectivity index (χ2n) is 4.48. The minimum atomic E-state index is -0.0898. The number of benzene rings is 1. The zero-order chi connectivity index (χ0) is 13.7. The van der Waals surface area contributed by atoms with Crippen molar-refractivity contribution in [2.24, 2.45) is 0 Å². The van der Waals surface area contributed by atoms with E-state index < -0.39 is 0 Å².